The van der Waals surface area contributed by atoms with E-state index in [-0.39, 0.29) is 11.9 Å². The molecule has 5 heteroatoms. The Kier molecular flexibility index (Phi) is 6.67. The molecule has 0 radical (unpaired) electrons. The molecule has 110 valence electrons. The number of hydrogen-bond acceptors (Lipinski definition) is 2. The van der Waals surface area contributed by atoms with Gasteiger partial charge in [-0.15, -0.1) is 0 Å². The van der Waals surface area contributed by atoms with Crippen LogP contribution in [0.5, 0.6) is 0 Å². The predicted molar refractivity (Wildman–Crippen MR) is 79.2 cm³/mol. The van der Waals surface area contributed by atoms with Gasteiger partial charge in [-0.25, -0.2) is 0 Å². The molecule has 0 aromatic heterocycles. The third-order valence-electron chi connectivity index (χ3n) is 3.25. The number of piperidine rings is 1. The van der Waals surface area contributed by atoms with Gasteiger partial charge >= 0.3 is 0 Å². The lowest BCUT2D eigenvalue weighted by Crippen LogP contribution is -2.47. The summed E-state index contributed by atoms with van der Waals surface area (Å²) in [6.07, 6.45) is 3.00. The smallest absolute Gasteiger partial charge is 0.221 e. The molecule has 1 heterocycles. The molecule has 0 aromatic rings. The quantitative estimate of drug-likeness (QED) is 0.595. The Labute approximate surface area is 116 Å². The highest BCUT2D eigenvalue weighted by Gasteiger charge is 2.19. The molecule has 0 saturated carbocycles. The van der Waals surface area contributed by atoms with Crippen molar-refractivity contribution in [2.45, 2.75) is 46.1 Å². The number of guanidine groups is 1. The third-order valence-corrected chi connectivity index (χ3v) is 3.25. The number of carbonyl (C=O) groups is 1. The van der Waals surface area contributed by atoms with E-state index in [1.54, 1.807) is 7.05 Å². The first-order valence-corrected chi connectivity index (χ1v) is 7.28. The van der Waals surface area contributed by atoms with E-state index in [1.807, 2.05) is 13.8 Å². The second-order valence-corrected chi connectivity index (χ2v) is 5.64. The van der Waals surface area contributed by atoms with Crippen molar-refractivity contribution in [3.05, 3.63) is 0 Å². The molecular weight excluding hydrogens is 240 g/mol. The molecule has 1 amide bonds. The highest BCUT2D eigenvalue weighted by molar-refractivity contribution is 5.81. The van der Waals surface area contributed by atoms with Gasteiger partial charge < -0.3 is 15.5 Å². The van der Waals surface area contributed by atoms with E-state index in [9.17, 15) is 4.79 Å². The zero-order valence-corrected chi connectivity index (χ0v) is 12.7. The van der Waals surface area contributed by atoms with Crippen molar-refractivity contribution in [3.63, 3.8) is 0 Å². The van der Waals surface area contributed by atoms with Gasteiger partial charge in [-0.3, -0.25) is 9.79 Å². The largest absolute Gasteiger partial charge is 0.356 e. The van der Waals surface area contributed by atoms with E-state index in [1.165, 1.54) is 12.8 Å². The number of rotatable bonds is 4. The fourth-order valence-electron chi connectivity index (χ4n) is 2.40. The van der Waals surface area contributed by atoms with Gasteiger partial charge in [0.15, 0.2) is 5.96 Å². The molecule has 2 N–H and O–H groups in total. The molecule has 0 aliphatic carbocycles. The molecule has 1 fully saturated rings. The lowest BCUT2D eigenvalue weighted by atomic mass is 10.0. The maximum atomic E-state index is 11.5. The number of amides is 1. The van der Waals surface area contributed by atoms with Crippen molar-refractivity contribution in [1.29, 1.82) is 0 Å². The number of likely N-dealkylation sites (tertiary alicyclic amines) is 1. The fourth-order valence-corrected chi connectivity index (χ4v) is 2.40. The van der Waals surface area contributed by atoms with E-state index in [2.05, 4.69) is 27.4 Å². The average molecular weight is 268 g/mol. The summed E-state index contributed by atoms with van der Waals surface area (Å²) in [5.41, 5.74) is 0. The van der Waals surface area contributed by atoms with Crippen LogP contribution in [0.1, 0.15) is 40.0 Å². The second kappa shape index (κ2) is 8.02. The molecule has 1 rings (SSSR count). The monoisotopic (exact) mass is 268 g/mol. The molecule has 0 spiro atoms. The van der Waals surface area contributed by atoms with E-state index in [0.717, 1.165) is 25.0 Å². The summed E-state index contributed by atoms with van der Waals surface area (Å²) in [7, 11) is 1.80. The minimum atomic E-state index is 0.0879. The van der Waals surface area contributed by atoms with Crippen molar-refractivity contribution in [3.8, 4) is 0 Å². The predicted octanol–water partition coefficient (Wildman–Crippen LogP) is 1.21. The summed E-state index contributed by atoms with van der Waals surface area (Å²) in [6, 6.07) is 0.203. The zero-order chi connectivity index (χ0) is 14.3. The topological polar surface area (TPSA) is 56.7 Å². The van der Waals surface area contributed by atoms with Crippen molar-refractivity contribution in [2.75, 3.05) is 26.7 Å². The molecule has 1 unspecified atom stereocenters. The maximum Gasteiger partial charge on any atom is 0.221 e. The van der Waals surface area contributed by atoms with E-state index >= 15 is 0 Å². The molecule has 19 heavy (non-hydrogen) atoms. The summed E-state index contributed by atoms with van der Waals surface area (Å²) < 4.78 is 0. The van der Waals surface area contributed by atoms with E-state index < -0.39 is 0 Å². The van der Waals surface area contributed by atoms with Crippen LogP contribution >= 0.6 is 0 Å². The van der Waals surface area contributed by atoms with Crippen LogP contribution in [0.3, 0.4) is 0 Å². The summed E-state index contributed by atoms with van der Waals surface area (Å²) in [4.78, 5) is 18.1. The van der Waals surface area contributed by atoms with Crippen molar-refractivity contribution in [2.24, 2.45) is 10.9 Å². The molecule has 0 bridgehead atoms. The first-order chi connectivity index (χ1) is 9.02. The molecule has 5 nitrogen and oxygen atoms in total. The van der Waals surface area contributed by atoms with Gasteiger partial charge in [-0.1, -0.05) is 6.92 Å². The van der Waals surface area contributed by atoms with Crippen LogP contribution in [0.25, 0.3) is 0 Å². The highest BCUT2D eigenvalue weighted by Crippen LogP contribution is 2.15. The Hall–Kier alpha value is -1.26. The number of carbonyl (C=O) groups excluding carboxylic acids is 1. The van der Waals surface area contributed by atoms with Crippen LogP contribution in [0.15, 0.2) is 4.99 Å². The van der Waals surface area contributed by atoms with Crippen LogP contribution in [0.4, 0.5) is 0 Å². The van der Waals surface area contributed by atoms with Gasteiger partial charge in [0.2, 0.25) is 5.91 Å². The molecule has 0 aromatic carbocycles. The summed E-state index contributed by atoms with van der Waals surface area (Å²) >= 11 is 0. The van der Waals surface area contributed by atoms with Crippen LogP contribution in [0.2, 0.25) is 0 Å². The number of nitrogens with one attached hydrogen (secondary N) is 2. The van der Waals surface area contributed by atoms with Gasteiger partial charge in [-0.2, -0.15) is 0 Å². The Balaban J connectivity index is 2.31. The molecule has 1 atom stereocenters. The van der Waals surface area contributed by atoms with Gasteiger partial charge in [0.05, 0.1) is 0 Å². The van der Waals surface area contributed by atoms with Crippen LogP contribution < -0.4 is 10.6 Å². The third kappa shape index (κ3) is 5.94. The minimum absolute atomic E-state index is 0.0879. The first-order valence-electron chi connectivity index (χ1n) is 7.28. The minimum Gasteiger partial charge on any atom is -0.356 e. The SMILES string of the molecule is CN=C(NCCC(=O)NC(C)C)N1CCCC(C)C1. The summed E-state index contributed by atoms with van der Waals surface area (Å²) in [5.74, 6) is 1.73. The fraction of sp³-hybridized carbons (Fsp3) is 0.857. The van der Waals surface area contributed by atoms with Gasteiger partial charge in [0.1, 0.15) is 0 Å². The zero-order valence-electron chi connectivity index (χ0n) is 12.7. The van der Waals surface area contributed by atoms with Crippen molar-refractivity contribution >= 4 is 11.9 Å². The number of hydrogen-bond donors (Lipinski definition) is 2. The standard InChI is InChI=1S/C14H28N4O/c1-11(2)17-13(19)7-8-16-14(15-4)18-9-5-6-12(3)10-18/h11-12H,5-10H2,1-4H3,(H,15,16)(H,17,19). The first kappa shape index (κ1) is 15.8. The summed E-state index contributed by atoms with van der Waals surface area (Å²) in [5, 5.41) is 6.17. The Morgan fingerprint density at radius 1 is 1.47 bits per heavy atom. The number of aliphatic imine (C=N–C) groups is 1. The Morgan fingerprint density at radius 2 is 2.21 bits per heavy atom. The number of nitrogens with zero attached hydrogens (tertiary/aromatic N) is 2. The van der Waals surface area contributed by atoms with E-state index in [4.69, 9.17) is 0 Å². The molecule has 1 aliphatic rings. The van der Waals surface area contributed by atoms with Gasteiger partial charge in [0, 0.05) is 39.1 Å². The molecule has 1 saturated heterocycles. The Morgan fingerprint density at radius 3 is 2.79 bits per heavy atom. The molecule has 1 aliphatic heterocycles. The molecular formula is C14H28N4O. The summed E-state index contributed by atoms with van der Waals surface area (Å²) in [6.45, 7) is 8.96. The van der Waals surface area contributed by atoms with Crippen molar-refractivity contribution < 1.29 is 4.79 Å². The van der Waals surface area contributed by atoms with Gasteiger partial charge in [0.25, 0.3) is 0 Å². The second-order valence-electron chi connectivity index (χ2n) is 5.64. The van der Waals surface area contributed by atoms with Crippen molar-refractivity contribution in [1.82, 2.24) is 15.5 Å². The lowest BCUT2D eigenvalue weighted by Gasteiger charge is -2.33. The lowest BCUT2D eigenvalue weighted by molar-refractivity contribution is -0.121. The van der Waals surface area contributed by atoms with E-state index in [0.29, 0.717) is 13.0 Å². The Bertz CT molecular complexity index is 315. The van der Waals surface area contributed by atoms with Crippen LogP contribution in [0, 0.1) is 5.92 Å². The maximum absolute atomic E-state index is 11.5. The van der Waals surface area contributed by atoms with Crippen LogP contribution in [-0.2, 0) is 4.79 Å². The van der Waals surface area contributed by atoms with Crippen LogP contribution in [-0.4, -0.2) is 49.5 Å². The average Bonchev–Trinajstić information content (AvgIpc) is 2.33. The normalized spacial score (nSPS) is 20.6. The van der Waals surface area contributed by atoms with Gasteiger partial charge in [-0.05, 0) is 32.6 Å². The highest BCUT2D eigenvalue weighted by atomic mass is 16.1.